The van der Waals surface area contributed by atoms with Crippen LogP contribution in [0.1, 0.15) is 22.1 Å². The van der Waals surface area contributed by atoms with Crippen LogP contribution in [-0.4, -0.2) is 68.7 Å². The Morgan fingerprint density at radius 2 is 1.90 bits per heavy atom. The van der Waals surface area contributed by atoms with Crippen molar-refractivity contribution in [3.8, 4) is 11.3 Å². The minimum Gasteiger partial charge on any atom is -0.478 e. The van der Waals surface area contributed by atoms with E-state index in [2.05, 4.69) is 30.9 Å². The van der Waals surface area contributed by atoms with Gasteiger partial charge >= 0.3 is 5.97 Å². The van der Waals surface area contributed by atoms with Gasteiger partial charge in [-0.2, -0.15) is 0 Å². The molecule has 0 radical (unpaired) electrons. The van der Waals surface area contributed by atoms with Crippen molar-refractivity contribution >= 4 is 52.2 Å². The van der Waals surface area contributed by atoms with Crippen LogP contribution in [0, 0.1) is 6.92 Å². The summed E-state index contributed by atoms with van der Waals surface area (Å²) in [4.78, 5) is 25.1. The first-order valence-corrected chi connectivity index (χ1v) is 13.2. The molecule has 0 spiro atoms. The highest BCUT2D eigenvalue weighted by atomic mass is 35.5. The van der Waals surface area contributed by atoms with E-state index < -0.39 is 18.7 Å². The van der Waals surface area contributed by atoms with Crippen LogP contribution >= 0.6 is 23.2 Å². The van der Waals surface area contributed by atoms with E-state index in [0.29, 0.717) is 62.6 Å². The summed E-state index contributed by atoms with van der Waals surface area (Å²) in [6.45, 7) is 1.93. The van der Waals surface area contributed by atoms with Gasteiger partial charge in [-0.15, -0.1) is 0 Å². The van der Waals surface area contributed by atoms with Crippen molar-refractivity contribution in [2.75, 3.05) is 42.3 Å². The van der Waals surface area contributed by atoms with E-state index in [1.165, 1.54) is 6.07 Å². The van der Waals surface area contributed by atoms with Crippen LogP contribution in [0.25, 0.3) is 11.3 Å². The number of aromatic nitrogens is 3. The predicted octanol–water partition coefficient (Wildman–Crippen LogP) is 4.58. The van der Waals surface area contributed by atoms with E-state index in [4.69, 9.17) is 37.5 Å². The molecule has 0 aliphatic heterocycles. The average Bonchev–Trinajstić information content (AvgIpc) is 3.42. The Morgan fingerprint density at radius 3 is 2.68 bits per heavy atom. The van der Waals surface area contributed by atoms with E-state index in [1.807, 2.05) is 0 Å². The molecule has 0 amide bonds. The number of para-hydroxylation sites is 1. The molecule has 0 bridgehead atoms. The van der Waals surface area contributed by atoms with Crippen LogP contribution in [-0.2, 0) is 11.3 Å². The van der Waals surface area contributed by atoms with Gasteiger partial charge in [0.1, 0.15) is 17.6 Å². The number of halogens is 2. The fourth-order valence-corrected chi connectivity index (χ4v) is 4.13. The third-order valence-corrected chi connectivity index (χ3v) is 6.22. The average molecular weight is 603 g/mol. The molecular formula is C27H28Cl2N6O6. The van der Waals surface area contributed by atoms with Gasteiger partial charge in [-0.3, -0.25) is 0 Å². The monoisotopic (exact) mass is 602 g/mol. The SMILES string of the molecule is Cc1nc(NCCOCC(O)CO)c(NCc2ncc(-c3cc(Cl)ccc3Cl)o2)c(Nc2ccccc2C(=O)O)n1. The van der Waals surface area contributed by atoms with Crippen molar-refractivity contribution in [3.05, 3.63) is 76.0 Å². The van der Waals surface area contributed by atoms with Crippen molar-refractivity contribution < 1.29 is 29.3 Å². The molecule has 0 aliphatic carbocycles. The Balaban J connectivity index is 1.59. The van der Waals surface area contributed by atoms with E-state index >= 15 is 0 Å². The van der Waals surface area contributed by atoms with E-state index in [0.717, 1.165) is 0 Å². The maximum absolute atomic E-state index is 11.8. The summed E-state index contributed by atoms with van der Waals surface area (Å²) in [5.41, 5.74) is 1.42. The van der Waals surface area contributed by atoms with Gasteiger partial charge < -0.3 is 40.4 Å². The number of carboxylic acids is 1. The first-order valence-electron chi connectivity index (χ1n) is 12.5. The zero-order valence-corrected chi connectivity index (χ0v) is 23.4. The number of ether oxygens (including phenoxy) is 1. The molecule has 1 atom stereocenters. The lowest BCUT2D eigenvalue weighted by atomic mass is 10.2. The normalized spacial score (nSPS) is 11.7. The summed E-state index contributed by atoms with van der Waals surface area (Å²) in [6.07, 6.45) is 0.575. The molecule has 6 N–H and O–H groups in total. The number of benzene rings is 2. The summed E-state index contributed by atoms with van der Waals surface area (Å²) in [7, 11) is 0. The molecule has 2 aromatic carbocycles. The molecule has 0 saturated carbocycles. The number of nitrogens with one attached hydrogen (secondary N) is 3. The molecule has 216 valence electrons. The quantitative estimate of drug-likeness (QED) is 0.111. The van der Waals surface area contributed by atoms with Crippen LogP contribution in [0.4, 0.5) is 23.0 Å². The minimum absolute atomic E-state index is 0.0198. The van der Waals surface area contributed by atoms with Crippen molar-refractivity contribution in [3.63, 3.8) is 0 Å². The summed E-state index contributed by atoms with van der Waals surface area (Å²) in [5, 5.41) is 38.5. The molecule has 2 aromatic heterocycles. The number of anilines is 4. The van der Waals surface area contributed by atoms with Crippen molar-refractivity contribution in [2.24, 2.45) is 0 Å². The number of oxazole rings is 1. The van der Waals surface area contributed by atoms with Gasteiger partial charge in [0.2, 0.25) is 5.89 Å². The maximum Gasteiger partial charge on any atom is 0.337 e. The maximum atomic E-state index is 11.8. The number of aryl methyl sites for hydroxylation is 1. The van der Waals surface area contributed by atoms with Gasteiger partial charge in [-0.1, -0.05) is 35.3 Å². The molecule has 12 nitrogen and oxygen atoms in total. The lowest BCUT2D eigenvalue weighted by Gasteiger charge is -2.18. The third-order valence-electron chi connectivity index (χ3n) is 5.66. The van der Waals surface area contributed by atoms with Gasteiger partial charge in [0, 0.05) is 17.1 Å². The summed E-state index contributed by atoms with van der Waals surface area (Å²) in [5.74, 6) is 0.809. The number of hydrogen-bond donors (Lipinski definition) is 6. The Bertz CT molecular complexity index is 1500. The third kappa shape index (κ3) is 8.06. The van der Waals surface area contributed by atoms with E-state index in [9.17, 15) is 15.0 Å². The van der Waals surface area contributed by atoms with Gasteiger partial charge in [0.25, 0.3) is 0 Å². The highest BCUT2D eigenvalue weighted by Gasteiger charge is 2.18. The lowest BCUT2D eigenvalue weighted by molar-refractivity contribution is 0.00940. The first kappa shape index (κ1) is 30.0. The first-order chi connectivity index (χ1) is 19.7. The summed E-state index contributed by atoms with van der Waals surface area (Å²) in [6, 6.07) is 11.5. The second-order valence-electron chi connectivity index (χ2n) is 8.75. The largest absolute Gasteiger partial charge is 0.478 e. The molecule has 4 rings (SSSR count). The molecule has 14 heteroatoms. The Hall–Kier alpha value is -3.94. The highest BCUT2D eigenvalue weighted by Crippen LogP contribution is 2.33. The van der Waals surface area contributed by atoms with Gasteiger partial charge in [-0.25, -0.2) is 19.7 Å². The van der Waals surface area contributed by atoms with Gasteiger partial charge in [0.15, 0.2) is 17.4 Å². The fourth-order valence-electron chi connectivity index (χ4n) is 3.75. The number of nitrogens with zero attached hydrogens (tertiary/aromatic N) is 3. The smallest absolute Gasteiger partial charge is 0.337 e. The van der Waals surface area contributed by atoms with Gasteiger partial charge in [0.05, 0.1) is 48.8 Å². The second-order valence-corrected chi connectivity index (χ2v) is 9.60. The fraction of sp³-hybridized carbons (Fsp3) is 0.259. The minimum atomic E-state index is -1.10. The van der Waals surface area contributed by atoms with E-state index in [-0.39, 0.29) is 25.3 Å². The van der Waals surface area contributed by atoms with Crippen molar-refractivity contribution in [1.82, 2.24) is 15.0 Å². The molecular weight excluding hydrogens is 575 g/mol. The zero-order valence-electron chi connectivity index (χ0n) is 21.9. The number of rotatable bonds is 14. The number of hydrogen-bond acceptors (Lipinski definition) is 11. The number of aliphatic hydroxyl groups is 2. The molecule has 0 saturated heterocycles. The molecule has 41 heavy (non-hydrogen) atoms. The van der Waals surface area contributed by atoms with Crippen LogP contribution in [0.15, 0.2) is 53.1 Å². The van der Waals surface area contributed by atoms with Crippen LogP contribution in [0.3, 0.4) is 0 Å². The van der Waals surface area contributed by atoms with Crippen LogP contribution in [0.5, 0.6) is 0 Å². The van der Waals surface area contributed by atoms with Crippen molar-refractivity contribution in [2.45, 2.75) is 19.6 Å². The van der Waals surface area contributed by atoms with E-state index in [1.54, 1.807) is 49.5 Å². The molecule has 0 aliphatic rings. The molecule has 0 fully saturated rings. The van der Waals surface area contributed by atoms with Crippen LogP contribution < -0.4 is 16.0 Å². The van der Waals surface area contributed by atoms with Crippen LogP contribution in [0.2, 0.25) is 10.0 Å². The topological polar surface area (TPSA) is 175 Å². The summed E-state index contributed by atoms with van der Waals surface area (Å²) >= 11 is 12.4. The molecule has 4 aromatic rings. The number of aliphatic hydroxyl groups excluding tert-OH is 2. The molecule has 1 unspecified atom stereocenters. The standard InChI is InChI=1S/C27H28Cl2N6O6/c1-15-33-25(30-8-9-40-14-17(37)13-36)24(26(34-15)35-21-5-3-2-4-18(21)27(38)39)32-12-23-31-11-22(41-23)19-10-16(28)6-7-20(19)29/h2-7,10-11,17,32,36-37H,8-9,12-14H2,1H3,(H,38,39)(H2,30,33,34,35). The highest BCUT2D eigenvalue weighted by molar-refractivity contribution is 6.35. The van der Waals surface area contributed by atoms with Gasteiger partial charge in [-0.05, 0) is 37.3 Å². The number of carbonyl (C=O) groups is 1. The Morgan fingerprint density at radius 1 is 1.12 bits per heavy atom. The Kier molecular flexibility index (Phi) is 10.3. The summed E-state index contributed by atoms with van der Waals surface area (Å²) < 4.78 is 11.3. The zero-order chi connectivity index (χ0) is 29.4. The van der Waals surface area contributed by atoms with Crippen molar-refractivity contribution in [1.29, 1.82) is 0 Å². The Labute approximate surface area is 245 Å². The lowest BCUT2D eigenvalue weighted by Crippen LogP contribution is -2.22. The molecule has 2 heterocycles. The number of carboxylic acid groups (broad SMARTS) is 1. The predicted molar refractivity (Wildman–Crippen MR) is 155 cm³/mol. The second kappa shape index (κ2) is 14.1. The number of aromatic carboxylic acids is 1.